The molecule has 1 aromatic heterocycles. The highest BCUT2D eigenvalue weighted by molar-refractivity contribution is 5.91. The summed E-state index contributed by atoms with van der Waals surface area (Å²) in [6.45, 7) is 1.85. The predicted molar refractivity (Wildman–Crippen MR) is 126 cm³/mol. The van der Waals surface area contributed by atoms with Crippen molar-refractivity contribution in [3.05, 3.63) is 89.1 Å². The number of hydrogen-bond acceptors (Lipinski definition) is 4. The number of methoxy groups -OCH3 is 1. The van der Waals surface area contributed by atoms with Crippen LogP contribution in [0.15, 0.2) is 59.2 Å². The molecule has 8 heteroatoms. The summed E-state index contributed by atoms with van der Waals surface area (Å²) in [5.74, 6) is -0.932. The van der Waals surface area contributed by atoms with Crippen LogP contribution in [-0.2, 0) is 13.0 Å². The van der Waals surface area contributed by atoms with Gasteiger partial charge in [-0.05, 0) is 80.2 Å². The lowest BCUT2D eigenvalue weighted by molar-refractivity contribution is 0.0553. The molecule has 0 bridgehead atoms. The van der Waals surface area contributed by atoms with Crippen molar-refractivity contribution in [2.24, 2.45) is 5.92 Å². The minimum absolute atomic E-state index is 0.0785. The summed E-state index contributed by atoms with van der Waals surface area (Å²) >= 11 is 0. The first kappa shape index (κ1) is 24.9. The fourth-order valence-corrected chi connectivity index (χ4v) is 4.79. The smallest absolute Gasteiger partial charge is 0.289 e. The molecule has 1 aliphatic rings. The monoisotopic (exact) mass is 486 g/mol. The molecule has 0 aliphatic carbocycles. The van der Waals surface area contributed by atoms with E-state index in [1.54, 1.807) is 43.3 Å². The van der Waals surface area contributed by atoms with Gasteiger partial charge in [-0.3, -0.25) is 9.69 Å². The number of rotatable bonds is 8. The molecule has 3 aromatic rings. The molecular formula is C27H29F3N2O3. The second-order valence-electron chi connectivity index (χ2n) is 8.97. The first-order valence-electron chi connectivity index (χ1n) is 11.6. The van der Waals surface area contributed by atoms with E-state index in [1.165, 1.54) is 24.5 Å². The van der Waals surface area contributed by atoms with Crippen molar-refractivity contribution in [2.45, 2.75) is 31.8 Å². The molecular weight excluding hydrogens is 457 g/mol. The van der Waals surface area contributed by atoms with Gasteiger partial charge in [0, 0.05) is 31.3 Å². The van der Waals surface area contributed by atoms with Crippen molar-refractivity contribution in [3.63, 3.8) is 0 Å². The molecule has 4 rings (SSSR count). The van der Waals surface area contributed by atoms with Gasteiger partial charge in [-0.1, -0.05) is 6.07 Å². The van der Waals surface area contributed by atoms with Crippen molar-refractivity contribution in [1.29, 1.82) is 0 Å². The maximum atomic E-state index is 14.5. The van der Waals surface area contributed by atoms with Crippen LogP contribution in [0.1, 0.15) is 34.5 Å². The number of furan rings is 1. The van der Waals surface area contributed by atoms with E-state index in [-0.39, 0.29) is 35.9 Å². The van der Waals surface area contributed by atoms with Gasteiger partial charge in [0.2, 0.25) is 0 Å². The van der Waals surface area contributed by atoms with E-state index in [0.717, 1.165) is 18.9 Å². The van der Waals surface area contributed by atoms with E-state index in [2.05, 4.69) is 4.90 Å². The van der Waals surface area contributed by atoms with Crippen LogP contribution < -0.4 is 4.74 Å². The van der Waals surface area contributed by atoms with Crippen LogP contribution in [0.4, 0.5) is 13.2 Å². The molecule has 1 saturated heterocycles. The minimum atomic E-state index is -0.638. The van der Waals surface area contributed by atoms with Crippen molar-refractivity contribution < 1.29 is 27.1 Å². The highest BCUT2D eigenvalue weighted by Gasteiger charge is 2.33. The molecule has 2 heterocycles. The zero-order chi connectivity index (χ0) is 24.9. The lowest BCUT2D eigenvalue weighted by Gasteiger charge is -2.40. The van der Waals surface area contributed by atoms with Crippen LogP contribution in [0.2, 0.25) is 0 Å². The van der Waals surface area contributed by atoms with Crippen molar-refractivity contribution in [1.82, 2.24) is 9.80 Å². The number of hydrogen-bond donors (Lipinski definition) is 0. The van der Waals surface area contributed by atoms with Gasteiger partial charge >= 0.3 is 0 Å². The molecule has 0 N–H and O–H groups in total. The lowest BCUT2D eigenvalue weighted by Crippen LogP contribution is -2.47. The molecule has 1 aliphatic heterocycles. The number of carbonyl (C=O) groups is 1. The maximum Gasteiger partial charge on any atom is 0.289 e. The average Bonchev–Trinajstić information content (AvgIpc) is 3.40. The van der Waals surface area contributed by atoms with Crippen LogP contribution in [0.5, 0.6) is 5.75 Å². The summed E-state index contributed by atoms with van der Waals surface area (Å²) in [5, 5.41) is 0. The summed E-state index contributed by atoms with van der Waals surface area (Å²) < 4.78 is 52.8. The zero-order valence-electron chi connectivity index (χ0n) is 19.8. The SMILES string of the molecule is COc1ccc(F)c(CN2CCC([C@H](Cc3ccc(F)cc3F)N(C)C(=O)c3ccco3)CC2)c1. The number of benzene rings is 2. The Hall–Kier alpha value is -3.26. The summed E-state index contributed by atoms with van der Waals surface area (Å²) in [4.78, 5) is 16.8. The van der Waals surface area contributed by atoms with Crippen LogP contribution in [-0.4, -0.2) is 49.0 Å². The first-order chi connectivity index (χ1) is 16.9. The Labute approximate surface area is 203 Å². The molecule has 1 fully saturated rings. The maximum absolute atomic E-state index is 14.5. The molecule has 1 amide bonds. The number of amides is 1. The number of piperidine rings is 1. The number of halogens is 3. The Balaban J connectivity index is 1.49. The molecule has 1 atom stereocenters. The largest absolute Gasteiger partial charge is 0.497 e. The average molecular weight is 487 g/mol. The topological polar surface area (TPSA) is 45.9 Å². The number of carbonyl (C=O) groups excluding carboxylic acids is 1. The van der Waals surface area contributed by atoms with Crippen LogP contribution >= 0.6 is 0 Å². The Bertz CT molecular complexity index is 1140. The Morgan fingerprint density at radius 3 is 2.51 bits per heavy atom. The number of ether oxygens (including phenoxy) is 1. The summed E-state index contributed by atoms with van der Waals surface area (Å²) in [7, 11) is 3.24. The van der Waals surface area contributed by atoms with Gasteiger partial charge < -0.3 is 14.1 Å². The highest BCUT2D eigenvalue weighted by Crippen LogP contribution is 2.29. The van der Waals surface area contributed by atoms with Crippen LogP contribution in [0, 0.1) is 23.4 Å². The van der Waals surface area contributed by atoms with Gasteiger partial charge in [0.25, 0.3) is 5.91 Å². The molecule has 2 aromatic carbocycles. The summed E-state index contributed by atoms with van der Waals surface area (Å²) in [6.07, 6.45) is 3.18. The second kappa shape index (κ2) is 11.0. The molecule has 5 nitrogen and oxygen atoms in total. The van der Waals surface area contributed by atoms with Gasteiger partial charge in [0.1, 0.15) is 23.2 Å². The Morgan fingerprint density at radius 1 is 1.09 bits per heavy atom. The van der Waals surface area contributed by atoms with Crippen LogP contribution in [0.25, 0.3) is 0 Å². The quantitative estimate of drug-likeness (QED) is 0.434. The summed E-state index contributed by atoms with van der Waals surface area (Å²) in [5.41, 5.74) is 0.925. The summed E-state index contributed by atoms with van der Waals surface area (Å²) in [6, 6.07) is 11.2. The third-order valence-corrected chi connectivity index (χ3v) is 6.82. The first-order valence-corrected chi connectivity index (χ1v) is 11.6. The Kier molecular flexibility index (Phi) is 7.80. The van der Waals surface area contributed by atoms with Crippen molar-refractivity contribution in [2.75, 3.05) is 27.2 Å². The van der Waals surface area contributed by atoms with Gasteiger partial charge in [0.15, 0.2) is 5.76 Å². The number of likely N-dealkylation sites (N-methyl/N-ethyl adjacent to an activating group) is 1. The number of likely N-dealkylation sites (tertiary alicyclic amines) is 1. The third-order valence-electron chi connectivity index (χ3n) is 6.82. The molecule has 186 valence electrons. The van der Waals surface area contributed by atoms with Gasteiger partial charge in [0.05, 0.1) is 13.4 Å². The normalized spacial score (nSPS) is 15.7. The third kappa shape index (κ3) is 5.88. The fourth-order valence-electron chi connectivity index (χ4n) is 4.79. The second-order valence-corrected chi connectivity index (χ2v) is 8.97. The molecule has 35 heavy (non-hydrogen) atoms. The van der Waals surface area contributed by atoms with Crippen molar-refractivity contribution >= 4 is 5.91 Å². The predicted octanol–water partition coefficient (Wildman–Crippen LogP) is 5.30. The molecule has 0 unspecified atom stereocenters. The zero-order valence-corrected chi connectivity index (χ0v) is 19.8. The standard InChI is InChI=1S/C27H29F3N2O3/c1-31(27(33)26-4-3-13-35-26)25(15-19-5-6-21(28)16-24(19)30)18-9-11-32(12-10-18)17-20-14-22(34-2)7-8-23(20)29/h3-8,13-14,16,18,25H,9-12,15,17H2,1-2H3/t25-/m0/s1. The molecule has 0 saturated carbocycles. The van der Waals surface area contributed by atoms with E-state index in [0.29, 0.717) is 36.5 Å². The molecule has 0 spiro atoms. The highest BCUT2D eigenvalue weighted by atomic mass is 19.1. The van der Waals surface area contributed by atoms with E-state index in [4.69, 9.17) is 9.15 Å². The van der Waals surface area contributed by atoms with Crippen LogP contribution in [0.3, 0.4) is 0 Å². The van der Waals surface area contributed by atoms with E-state index < -0.39 is 11.6 Å². The van der Waals surface area contributed by atoms with Gasteiger partial charge in [-0.25, -0.2) is 13.2 Å². The van der Waals surface area contributed by atoms with E-state index >= 15 is 0 Å². The number of nitrogens with zero attached hydrogens (tertiary/aromatic N) is 2. The minimum Gasteiger partial charge on any atom is -0.497 e. The molecule has 0 radical (unpaired) electrons. The fraction of sp³-hybridized carbons (Fsp3) is 0.370. The Morgan fingerprint density at radius 2 is 1.86 bits per heavy atom. The van der Waals surface area contributed by atoms with Crippen molar-refractivity contribution in [3.8, 4) is 5.75 Å². The van der Waals surface area contributed by atoms with E-state index in [9.17, 15) is 18.0 Å². The van der Waals surface area contributed by atoms with E-state index in [1.807, 2.05) is 0 Å². The van der Waals surface area contributed by atoms with Gasteiger partial charge in [-0.2, -0.15) is 0 Å². The van der Waals surface area contributed by atoms with Gasteiger partial charge in [-0.15, -0.1) is 0 Å². The lowest BCUT2D eigenvalue weighted by atomic mass is 9.84.